The number of benzene rings is 1. The van der Waals surface area contributed by atoms with Crippen LogP contribution in [0, 0.1) is 13.8 Å². The van der Waals surface area contributed by atoms with Crippen LogP contribution in [0.3, 0.4) is 0 Å². The van der Waals surface area contributed by atoms with Gasteiger partial charge in [0.1, 0.15) is 17.3 Å². The molecule has 0 saturated carbocycles. The molecule has 1 aromatic heterocycles. The third-order valence-electron chi connectivity index (χ3n) is 4.60. The fraction of sp³-hybridized carbons (Fsp3) is 0.474. The molecule has 1 fully saturated rings. The van der Waals surface area contributed by atoms with Crippen molar-refractivity contribution >= 4 is 5.82 Å². The molecular formula is C19H26N4O2. The number of nitrogens with zero attached hydrogens (tertiary/aromatic N) is 4. The Hall–Kier alpha value is -2.34. The van der Waals surface area contributed by atoms with Crippen molar-refractivity contribution < 1.29 is 9.47 Å². The number of methoxy groups -OCH3 is 2. The molecule has 3 rings (SSSR count). The van der Waals surface area contributed by atoms with Crippen molar-refractivity contribution in [2.75, 3.05) is 45.3 Å². The number of aryl methyl sites for hydroxylation is 2. The maximum atomic E-state index is 5.49. The first kappa shape index (κ1) is 17.5. The molecule has 0 aliphatic carbocycles. The van der Waals surface area contributed by atoms with Crippen molar-refractivity contribution in [2.45, 2.75) is 20.4 Å². The van der Waals surface area contributed by atoms with E-state index >= 15 is 0 Å². The molecule has 0 bridgehead atoms. The molecule has 2 heterocycles. The average molecular weight is 342 g/mol. The Labute approximate surface area is 149 Å². The van der Waals surface area contributed by atoms with E-state index in [2.05, 4.69) is 25.8 Å². The van der Waals surface area contributed by atoms with E-state index < -0.39 is 0 Å². The van der Waals surface area contributed by atoms with Gasteiger partial charge in [-0.1, -0.05) is 0 Å². The highest BCUT2D eigenvalue weighted by atomic mass is 16.5. The fourth-order valence-electron chi connectivity index (χ4n) is 3.19. The van der Waals surface area contributed by atoms with Crippen LogP contribution in [0.1, 0.15) is 17.0 Å². The van der Waals surface area contributed by atoms with E-state index in [1.807, 2.05) is 32.2 Å². The van der Waals surface area contributed by atoms with Gasteiger partial charge in [0, 0.05) is 44.5 Å². The second-order valence-corrected chi connectivity index (χ2v) is 6.36. The van der Waals surface area contributed by atoms with E-state index in [-0.39, 0.29) is 0 Å². The predicted molar refractivity (Wildman–Crippen MR) is 98.5 cm³/mol. The van der Waals surface area contributed by atoms with Crippen molar-refractivity contribution in [3.05, 3.63) is 41.3 Å². The van der Waals surface area contributed by atoms with Gasteiger partial charge in [0.05, 0.1) is 25.6 Å². The molecule has 6 heteroatoms. The Morgan fingerprint density at radius 1 is 1.04 bits per heavy atom. The lowest BCUT2D eigenvalue weighted by Crippen LogP contribution is -2.46. The smallest absolute Gasteiger partial charge is 0.150 e. The number of rotatable bonds is 5. The highest BCUT2D eigenvalue weighted by Crippen LogP contribution is 2.26. The minimum absolute atomic E-state index is 0.854. The minimum Gasteiger partial charge on any atom is -0.497 e. The van der Waals surface area contributed by atoms with Crippen LogP contribution in [0.2, 0.25) is 0 Å². The molecule has 1 aromatic carbocycles. The molecule has 0 unspecified atom stereocenters. The van der Waals surface area contributed by atoms with E-state index in [0.717, 1.165) is 67.0 Å². The summed E-state index contributed by atoms with van der Waals surface area (Å²) in [5.41, 5.74) is 3.11. The van der Waals surface area contributed by atoms with Gasteiger partial charge in [0.15, 0.2) is 0 Å². The zero-order chi connectivity index (χ0) is 17.8. The van der Waals surface area contributed by atoms with Gasteiger partial charge in [0.2, 0.25) is 0 Å². The van der Waals surface area contributed by atoms with Crippen molar-refractivity contribution in [3.63, 3.8) is 0 Å². The predicted octanol–water partition coefficient (Wildman–Crippen LogP) is 2.43. The first-order chi connectivity index (χ1) is 12.1. The van der Waals surface area contributed by atoms with Crippen LogP contribution >= 0.6 is 0 Å². The van der Waals surface area contributed by atoms with Gasteiger partial charge in [-0.15, -0.1) is 0 Å². The third kappa shape index (κ3) is 4.02. The molecule has 25 heavy (non-hydrogen) atoms. The van der Waals surface area contributed by atoms with Gasteiger partial charge in [0.25, 0.3) is 0 Å². The van der Waals surface area contributed by atoms with Gasteiger partial charge in [-0.25, -0.2) is 4.98 Å². The Morgan fingerprint density at radius 2 is 1.80 bits per heavy atom. The summed E-state index contributed by atoms with van der Waals surface area (Å²) in [6.07, 6.45) is 1.82. The topological polar surface area (TPSA) is 50.7 Å². The number of ether oxygens (including phenoxy) is 2. The minimum atomic E-state index is 0.854. The van der Waals surface area contributed by atoms with Crippen LogP contribution in [-0.2, 0) is 6.54 Å². The molecule has 2 aromatic rings. The standard InChI is InChI=1S/C19H26N4O2/c1-14-12-20-15(2)19(21-14)23-9-7-22(8-10-23)13-16-11-17(24-3)5-6-18(16)25-4/h5-6,11-12H,7-10,13H2,1-4H3. The Kier molecular flexibility index (Phi) is 5.38. The van der Waals surface area contributed by atoms with E-state index in [0.29, 0.717) is 0 Å². The van der Waals surface area contributed by atoms with Crippen molar-refractivity contribution in [3.8, 4) is 11.5 Å². The number of aromatic nitrogens is 2. The number of piperazine rings is 1. The molecule has 134 valence electrons. The average Bonchev–Trinajstić information content (AvgIpc) is 2.64. The summed E-state index contributed by atoms with van der Waals surface area (Å²) in [6.45, 7) is 8.73. The van der Waals surface area contributed by atoms with Gasteiger partial charge >= 0.3 is 0 Å². The summed E-state index contributed by atoms with van der Waals surface area (Å²) in [6, 6.07) is 5.96. The Balaban J connectivity index is 1.66. The van der Waals surface area contributed by atoms with E-state index in [1.165, 1.54) is 0 Å². The fourth-order valence-corrected chi connectivity index (χ4v) is 3.19. The van der Waals surface area contributed by atoms with Crippen LogP contribution < -0.4 is 14.4 Å². The lowest BCUT2D eigenvalue weighted by Gasteiger charge is -2.36. The maximum absolute atomic E-state index is 5.49. The number of anilines is 1. The monoisotopic (exact) mass is 342 g/mol. The Morgan fingerprint density at radius 3 is 2.48 bits per heavy atom. The molecule has 1 aliphatic heterocycles. The lowest BCUT2D eigenvalue weighted by atomic mass is 10.1. The first-order valence-electron chi connectivity index (χ1n) is 8.59. The molecular weight excluding hydrogens is 316 g/mol. The molecule has 0 amide bonds. The normalized spacial score (nSPS) is 15.3. The number of hydrogen-bond donors (Lipinski definition) is 0. The van der Waals surface area contributed by atoms with Gasteiger partial charge in [-0.2, -0.15) is 0 Å². The zero-order valence-corrected chi connectivity index (χ0v) is 15.5. The van der Waals surface area contributed by atoms with Crippen LogP contribution in [0.4, 0.5) is 5.82 Å². The molecule has 6 nitrogen and oxygen atoms in total. The summed E-state index contributed by atoms with van der Waals surface area (Å²) in [4.78, 5) is 13.9. The van der Waals surface area contributed by atoms with E-state index in [1.54, 1.807) is 14.2 Å². The third-order valence-corrected chi connectivity index (χ3v) is 4.60. The van der Waals surface area contributed by atoms with Gasteiger partial charge in [-0.3, -0.25) is 9.88 Å². The van der Waals surface area contributed by atoms with Crippen LogP contribution in [0.25, 0.3) is 0 Å². The quantitative estimate of drug-likeness (QED) is 0.832. The van der Waals surface area contributed by atoms with Crippen molar-refractivity contribution in [2.24, 2.45) is 0 Å². The molecule has 1 aliphatic rings. The van der Waals surface area contributed by atoms with E-state index in [4.69, 9.17) is 9.47 Å². The molecule has 1 saturated heterocycles. The van der Waals surface area contributed by atoms with E-state index in [9.17, 15) is 0 Å². The molecule has 0 radical (unpaired) electrons. The second kappa shape index (κ2) is 7.70. The lowest BCUT2D eigenvalue weighted by molar-refractivity contribution is 0.245. The summed E-state index contributed by atoms with van der Waals surface area (Å²) >= 11 is 0. The first-order valence-corrected chi connectivity index (χ1v) is 8.59. The van der Waals surface area contributed by atoms with Gasteiger partial charge in [-0.05, 0) is 32.0 Å². The van der Waals surface area contributed by atoms with Crippen LogP contribution in [-0.4, -0.2) is 55.3 Å². The summed E-state index contributed by atoms with van der Waals surface area (Å²) in [5, 5.41) is 0. The maximum Gasteiger partial charge on any atom is 0.150 e. The number of hydrogen-bond acceptors (Lipinski definition) is 6. The Bertz CT molecular complexity index is 727. The van der Waals surface area contributed by atoms with Crippen molar-refractivity contribution in [1.29, 1.82) is 0 Å². The zero-order valence-electron chi connectivity index (χ0n) is 15.5. The highest BCUT2D eigenvalue weighted by Gasteiger charge is 2.21. The summed E-state index contributed by atoms with van der Waals surface area (Å²) in [5.74, 6) is 2.78. The van der Waals surface area contributed by atoms with Crippen LogP contribution in [0.15, 0.2) is 24.4 Å². The summed E-state index contributed by atoms with van der Waals surface area (Å²) in [7, 11) is 3.40. The molecule has 0 spiro atoms. The highest BCUT2D eigenvalue weighted by molar-refractivity contribution is 5.44. The van der Waals surface area contributed by atoms with Gasteiger partial charge < -0.3 is 14.4 Å². The molecule has 0 atom stereocenters. The van der Waals surface area contributed by atoms with Crippen molar-refractivity contribution in [1.82, 2.24) is 14.9 Å². The molecule has 0 N–H and O–H groups in total. The summed E-state index contributed by atoms with van der Waals surface area (Å²) < 4.78 is 10.8. The SMILES string of the molecule is COc1ccc(OC)c(CN2CCN(c3nc(C)cnc3C)CC2)c1. The van der Waals surface area contributed by atoms with Crippen LogP contribution in [0.5, 0.6) is 11.5 Å². The largest absolute Gasteiger partial charge is 0.497 e. The second-order valence-electron chi connectivity index (χ2n) is 6.36.